The first-order valence-corrected chi connectivity index (χ1v) is 5.15. The first kappa shape index (κ1) is 11.1. The molecule has 1 atom stereocenters. The highest BCUT2D eigenvalue weighted by molar-refractivity contribution is 5.33. The molecule has 0 aliphatic heterocycles. The molecule has 0 amide bonds. The van der Waals surface area contributed by atoms with Gasteiger partial charge >= 0.3 is 0 Å². The monoisotopic (exact) mass is 193 g/mol. The minimum atomic E-state index is 0.247. The summed E-state index contributed by atoms with van der Waals surface area (Å²) in [5.41, 5.74) is 7.19. The largest absolute Gasteiger partial charge is 0.496 e. The molecule has 0 fully saturated rings. The fourth-order valence-corrected chi connectivity index (χ4v) is 1.63. The van der Waals surface area contributed by atoms with Crippen LogP contribution in [0.3, 0.4) is 0 Å². The van der Waals surface area contributed by atoms with E-state index in [0.717, 1.165) is 25.0 Å². The van der Waals surface area contributed by atoms with Crippen molar-refractivity contribution in [3.8, 4) is 5.75 Å². The molecule has 2 heteroatoms. The van der Waals surface area contributed by atoms with E-state index in [-0.39, 0.29) is 6.04 Å². The average molecular weight is 193 g/mol. The molecule has 78 valence electrons. The Morgan fingerprint density at radius 3 is 2.71 bits per heavy atom. The average Bonchev–Trinajstić information content (AvgIpc) is 2.19. The first-order chi connectivity index (χ1) is 6.77. The van der Waals surface area contributed by atoms with Gasteiger partial charge in [0.05, 0.1) is 7.11 Å². The Hall–Kier alpha value is -1.02. The van der Waals surface area contributed by atoms with Crippen LogP contribution in [-0.2, 0) is 6.42 Å². The number of hydrogen-bond acceptors (Lipinski definition) is 2. The molecule has 2 nitrogen and oxygen atoms in total. The van der Waals surface area contributed by atoms with Crippen LogP contribution in [0, 0.1) is 0 Å². The quantitative estimate of drug-likeness (QED) is 0.779. The van der Waals surface area contributed by atoms with Crippen LogP contribution in [-0.4, -0.2) is 13.2 Å². The van der Waals surface area contributed by atoms with Gasteiger partial charge in [0.15, 0.2) is 0 Å². The van der Waals surface area contributed by atoms with E-state index in [1.54, 1.807) is 7.11 Å². The van der Waals surface area contributed by atoms with Crippen LogP contribution in [0.4, 0.5) is 0 Å². The number of nitrogens with two attached hydrogens (primary N) is 1. The molecule has 0 aromatic heterocycles. The van der Waals surface area contributed by atoms with E-state index in [9.17, 15) is 0 Å². The topological polar surface area (TPSA) is 35.2 Å². The van der Waals surface area contributed by atoms with Gasteiger partial charge in [-0.15, -0.1) is 0 Å². The number of hydrogen-bond donors (Lipinski definition) is 1. The lowest BCUT2D eigenvalue weighted by Crippen LogP contribution is -2.22. The van der Waals surface area contributed by atoms with Gasteiger partial charge in [0, 0.05) is 6.04 Å². The number of ether oxygens (including phenoxy) is 1. The first-order valence-electron chi connectivity index (χ1n) is 5.15. The lowest BCUT2D eigenvalue weighted by Gasteiger charge is -2.12. The third-order valence-electron chi connectivity index (χ3n) is 2.33. The minimum absolute atomic E-state index is 0.247. The maximum Gasteiger partial charge on any atom is 0.122 e. The van der Waals surface area contributed by atoms with Crippen LogP contribution in [0.2, 0.25) is 0 Å². The second-order valence-electron chi connectivity index (χ2n) is 3.56. The fourth-order valence-electron chi connectivity index (χ4n) is 1.63. The van der Waals surface area contributed by atoms with Crippen molar-refractivity contribution in [1.29, 1.82) is 0 Å². The molecular weight excluding hydrogens is 174 g/mol. The lowest BCUT2D eigenvalue weighted by molar-refractivity contribution is 0.407. The summed E-state index contributed by atoms with van der Waals surface area (Å²) >= 11 is 0. The van der Waals surface area contributed by atoms with E-state index in [0.29, 0.717) is 0 Å². The molecule has 0 saturated carbocycles. The molecule has 0 saturated heterocycles. The summed E-state index contributed by atoms with van der Waals surface area (Å²) in [4.78, 5) is 0. The van der Waals surface area contributed by atoms with Gasteiger partial charge in [-0.25, -0.2) is 0 Å². The smallest absolute Gasteiger partial charge is 0.122 e. The fraction of sp³-hybridized carbons (Fsp3) is 0.500. The maximum atomic E-state index is 5.98. The Balaban J connectivity index is 2.65. The van der Waals surface area contributed by atoms with Crippen LogP contribution in [0.15, 0.2) is 24.3 Å². The molecule has 0 heterocycles. The van der Waals surface area contributed by atoms with Gasteiger partial charge in [0.2, 0.25) is 0 Å². The third-order valence-corrected chi connectivity index (χ3v) is 2.33. The zero-order chi connectivity index (χ0) is 10.4. The molecule has 0 bridgehead atoms. The molecular formula is C12H19NO. The van der Waals surface area contributed by atoms with Crippen molar-refractivity contribution >= 4 is 0 Å². The second-order valence-corrected chi connectivity index (χ2v) is 3.56. The Morgan fingerprint density at radius 1 is 1.36 bits per heavy atom. The summed E-state index contributed by atoms with van der Waals surface area (Å²) < 4.78 is 5.27. The summed E-state index contributed by atoms with van der Waals surface area (Å²) in [6.07, 6.45) is 3.10. The summed E-state index contributed by atoms with van der Waals surface area (Å²) in [6, 6.07) is 8.31. The minimum Gasteiger partial charge on any atom is -0.496 e. The lowest BCUT2D eigenvalue weighted by atomic mass is 10.0. The zero-order valence-corrected chi connectivity index (χ0v) is 8.99. The van der Waals surface area contributed by atoms with Gasteiger partial charge in [-0.3, -0.25) is 0 Å². The van der Waals surface area contributed by atoms with Gasteiger partial charge in [-0.2, -0.15) is 0 Å². The molecule has 0 aliphatic rings. The van der Waals surface area contributed by atoms with E-state index in [2.05, 4.69) is 13.0 Å². The van der Waals surface area contributed by atoms with Crippen molar-refractivity contribution in [2.24, 2.45) is 5.73 Å². The summed E-state index contributed by atoms with van der Waals surface area (Å²) in [5, 5.41) is 0. The molecule has 0 spiro atoms. The van der Waals surface area contributed by atoms with E-state index < -0.39 is 0 Å². The van der Waals surface area contributed by atoms with Gasteiger partial charge in [-0.05, 0) is 24.5 Å². The SMILES string of the molecule is CCC[C@@H](N)Cc1ccccc1OC. The maximum absolute atomic E-state index is 5.98. The van der Waals surface area contributed by atoms with Crippen LogP contribution >= 0.6 is 0 Å². The Bertz CT molecular complexity index is 273. The molecule has 0 unspecified atom stereocenters. The zero-order valence-electron chi connectivity index (χ0n) is 8.99. The van der Waals surface area contributed by atoms with Gasteiger partial charge < -0.3 is 10.5 Å². The highest BCUT2D eigenvalue weighted by Crippen LogP contribution is 2.19. The molecule has 0 radical (unpaired) electrons. The van der Waals surface area contributed by atoms with Crippen molar-refractivity contribution in [2.45, 2.75) is 32.2 Å². The van der Waals surface area contributed by atoms with E-state index in [1.165, 1.54) is 5.56 Å². The number of methoxy groups -OCH3 is 1. The highest BCUT2D eigenvalue weighted by Gasteiger charge is 2.06. The van der Waals surface area contributed by atoms with Crippen molar-refractivity contribution in [1.82, 2.24) is 0 Å². The summed E-state index contributed by atoms with van der Waals surface area (Å²) in [6.45, 7) is 2.15. The number of benzene rings is 1. The molecule has 1 rings (SSSR count). The number of para-hydroxylation sites is 1. The predicted molar refractivity (Wildman–Crippen MR) is 59.6 cm³/mol. The van der Waals surface area contributed by atoms with Crippen molar-refractivity contribution in [2.75, 3.05) is 7.11 Å². The third kappa shape index (κ3) is 3.04. The molecule has 2 N–H and O–H groups in total. The Morgan fingerprint density at radius 2 is 2.07 bits per heavy atom. The molecule has 14 heavy (non-hydrogen) atoms. The van der Waals surface area contributed by atoms with E-state index in [4.69, 9.17) is 10.5 Å². The van der Waals surface area contributed by atoms with Crippen molar-refractivity contribution in [3.63, 3.8) is 0 Å². The van der Waals surface area contributed by atoms with Crippen LogP contribution in [0.5, 0.6) is 5.75 Å². The Labute approximate surface area is 86.1 Å². The van der Waals surface area contributed by atoms with Crippen LogP contribution in [0.1, 0.15) is 25.3 Å². The second kappa shape index (κ2) is 5.66. The molecule has 0 aliphatic carbocycles. The van der Waals surface area contributed by atoms with Crippen LogP contribution in [0.25, 0.3) is 0 Å². The van der Waals surface area contributed by atoms with E-state index in [1.807, 2.05) is 18.2 Å². The standard InChI is InChI=1S/C12H19NO/c1-3-6-11(13)9-10-7-4-5-8-12(10)14-2/h4-5,7-8,11H,3,6,9,13H2,1-2H3/t11-/m1/s1. The van der Waals surface area contributed by atoms with Crippen LogP contribution < -0.4 is 10.5 Å². The summed E-state index contributed by atoms with van der Waals surface area (Å²) in [5.74, 6) is 0.944. The predicted octanol–water partition coefficient (Wildman–Crippen LogP) is 2.37. The molecule has 1 aromatic rings. The van der Waals surface area contributed by atoms with E-state index >= 15 is 0 Å². The van der Waals surface area contributed by atoms with Gasteiger partial charge in [-0.1, -0.05) is 31.5 Å². The summed E-state index contributed by atoms with van der Waals surface area (Å²) in [7, 11) is 1.70. The van der Waals surface area contributed by atoms with Gasteiger partial charge in [0.1, 0.15) is 5.75 Å². The number of rotatable bonds is 5. The molecule has 1 aromatic carbocycles. The van der Waals surface area contributed by atoms with Gasteiger partial charge in [0.25, 0.3) is 0 Å². The highest BCUT2D eigenvalue weighted by atomic mass is 16.5. The normalized spacial score (nSPS) is 12.5. The van der Waals surface area contributed by atoms with Crippen molar-refractivity contribution < 1.29 is 4.74 Å². The Kier molecular flexibility index (Phi) is 4.47. The van der Waals surface area contributed by atoms with Crippen molar-refractivity contribution in [3.05, 3.63) is 29.8 Å².